The third kappa shape index (κ3) is 13.8. The molecule has 3 saturated heterocycles. The van der Waals surface area contributed by atoms with Crippen LogP contribution in [0.1, 0.15) is 164 Å². The van der Waals surface area contributed by atoms with Crippen molar-refractivity contribution in [3.63, 3.8) is 0 Å². The molecule has 5 amide bonds. The van der Waals surface area contributed by atoms with Gasteiger partial charge in [-0.1, -0.05) is 67.2 Å². The number of aliphatic imine (C=N–C) groups is 1. The predicted octanol–water partition coefficient (Wildman–Crippen LogP) is 9.09. The number of benzene rings is 2. The third-order valence-corrected chi connectivity index (χ3v) is 12.9. The topological polar surface area (TPSA) is 175 Å². The molecule has 0 radical (unpaired) electrons. The minimum absolute atomic E-state index is 0. The second-order valence-electron chi connectivity index (χ2n) is 17.8. The number of unbranched alkanes of at least 4 members (excludes halogenated alkanes) is 3. The number of fused-ring (bicyclic) bond motifs is 2. The molecule has 4 aliphatic heterocycles. The largest absolute Gasteiger partial charge is 0.478 e. The van der Waals surface area contributed by atoms with Gasteiger partial charge in [-0.3, -0.25) is 44.0 Å². The van der Waals surface area contributed by atoms with E-state index in [0.29, 0.717) is 23.1 Å². The van der Waals surface area contributed by atoms with Crippen molar-refractivity contribution >= 4 is 57.6 Å². The van der Waals surface area contributed by atoms with Crippen LogP contribution in [0.25, 0.3) is 10.9 Å². The van der Waals surface area contributed by atoms with Gasteiger partial charge < -0.3 is 29.7 Å². The lowest BCUT2D eigenvalue weighted by Crippen LogP contribution is -2.54. The molecule has 15 nitrogen and oxygen atoms in total. The van der Waals surface area contributed by atoms with E-state index in [1.165, 1.54) is 58.5 Å². The van der Waals surface area contributed by atoms with E-state index in [4.69, 9.17) is 4.74 Å². The van der Waals surface area contributed by atoms with Gasteiger partial charge in [0.2, 0.25) is 11.8 Å². The number of likely N-dealkylation sites (tertiary alicyclic amines) is 1. The highest BCUT2D eigenvalue weighted by atomic mass is 16.5. The Morgan fingerprint density at radius 1 is 0.881 bits per heavy atom. The average Bonchev–Trinajstić information content (AvgIpc) is 3.86. The minimum Gasteiger partial charge on any atom is -0.478 e. The first-order chi connectivity index (χ1) is 32.2. The molecule has 0 saturated carbocycles. The zero-order chi connectivity index (χ0) is 49.3. The molecule has 0 bridgehead atoms. The molecular weight excluding hydrogens is 849 g/mol. The summed E-state index contributed by atoms with van der Waals surface area (Å²) in [5.74, 6) is -1.05. The fourth-order valence-corrected chi connectivity index (χ4v) is 8.88. The molecule has 15 heteroatoms. The number of carbonyl (C=O) groups is 5. The van der Waals surface area contributed by atoms with Crippen LogP contribution in [0.5, 0.6) is 5.75 Å². The first kappa shape index (κ1) is 54.0. The Bertz CT molecular complexity index is 2280. The SMILES string of the molecule is CC.CCCC.CCCCCN1CCC2(CC1)CCN(c1ccc3c(c1)C(=O)N(C1CCC(=O)NC1=O)C3=O)C2.CCN=C(CC)Nc1ccc2c(c1)cc(OCC(=O)NC)c(=O)n2C(C)C.[HH].[HH].[HH]. The number of piperidine rings is 2. The van der Waals surface area contributed by atoms with Gasteiger partial charge in [0.15, 0.2) is 12.4 Å². The molecule has 0 aliphatic carbocycles. The molecule has 2 aromatic carbocycles. The zero-order valence-corrected chi connectivity index (χ0v) is 42.0. The van der Waals surface area contributed by atoms with Crippen molar-refractivity contribution < 1.29 is 33.0 Å². The second-order valence-corrected chi connectivity index (χ2v) is 17.8. The van der Waals surface area contributed by atoms with Crippen LogP contribution < -0.4 is 31.1 Å². The fourth-order valence-electron chi connectivity index (χ4n) is 8.88. The van der Waals surface area contributed by atoms with Crippen LogP contribution in [0.4, 0.5) is 11.4 Å². The number of nitrogens with one attached hydrogen (secondary N) is 3. The molecule has 67 heavy (non-hydrogen) atoms. The van der Waals surface area contributed by atoms with Crippen molar-refractivity contribution in [2.24, 2.45) is 10.4 Å². The van der Waals surface area contributed by atoms with Crippen LogP contribution in [-0.2, 0) is 14.4 Å². The van der Waals surface area contributed by atoms with Crippen molar-refractivity contribution in [3.05, 3.63) is 63.9 Å². The number of rotatable bonds is 14. The standard InChI is InChI=1S/C26H34N4O4.C20H28N4O3.C4H10.C2H6.3H2/c1-2-3-4-12-28-13-9-26(10-14-28)11-15-29(17-26)18-5-6-19-20(16-18)25(34)30(24(19)33)21-7-8-22(31)27-23(21)32;1-6-18(22-7-2)23-15-8-9-16-14(10-15)11-17(27-12-19(25)21-5)20(26)24(16)13(3)4;1-3-4-2;1-2;;;/h5-6,16,21H,2-4,7-15,17H2,1H3,(H,27,31,32);8-11,13H,6-7,12H2,1-5H3,(H,21,25)(H,22,23);3-4H2,1-2H3;1-2H3;3*1H. The minimum atomic E-state index is -0.925. The van der Waals surface area contributed by atoms with E-state index in [-0.39, 0.29) is 52.9 Å². The Labute approximate surface area is 402 Å². The highest BCUT2D eigenvalue weighted by Gasteiger charge is 2.46. The van der Waals surface area contributed by atoms with E-state index in [9.17, 15) is 28.8 Å². The van der Waals surface area contributed by atoms with Gasteiger partial charge >= 0.3 is 0 Å². The lowest BCUT2D eigenvalue weighted by atomic mass is 9.77. The molecular formula is C52H84N8O7. The van der Waals surface area contributed by atoms with Gasteiger partial charge in [-0.25, -0.2) is 0 Å². The maximum absolute atomic E-state index is 13.2. The molecule has 3 N–H and O–H groups in total. The number of amidine groups is 1. The van der Waals surface area contributed by atoms with E-state index < -0.39 is 23.8 Å². The lowest BCUT2D eigenvalue weighted by Gasteiger charge is -2.39. The van der Waals surface area contributed by atoms with E-state index in [0.717, 1.165) is 72.0 Å². The third-order valence-electron chi connectivity index (χ3n) is 12.9. The Kier molecular flexibility index (Phi) is 21.1. The quantitative estimate of drug-likeness (QED) is 0.0612. The monoisotopic (exact) mass is 933 g/mol. The number of pyridine rings is 1. The Hall–Kier alpha value is -5.57. The molecule has 1 atom stereocenters. The van der Waals surface area contributed by atoms with Crippen molar-refractivity contribution in [1.82, 2.24) is 25.0 Å². The summed E-state index contributed by atoms with van der Waals surface area (Å²) in [6, 6.07) is 12.0. The number of ether oxygens (including phenoxy) is 1. The number of hydrogen-bond acceptors (Lipinski definition) is 10. The summed E-state index contributed by atoms with van der Waals surface area (Å²) < 4.78 is 7.16. The van der Waals surface area contributed by atoms with E-state index in [2.05, 4.69) is 51.5 Å². The number of carbonyl (C=O) groups excluding carboxylic acids is 5. The lowest BCUT2D eigenvalue weighted by molar-refractivity contribution is -0.136. The number of nitrogens with zero attached hydrogens (tertiary/aromatic N) is 5. The molecule has 1 unspecified atom stereocenters. The first-order valence-corrected chi connectivity index (χ1v) is 24.9. The molecule has 4 aliphatic rings. The van der Waals surface area contributed by atoms with Crippen LogP contribution in [-0.4, -0.2) is 109 Å². The molecule has 3 aromatic rings. The van der Waals surface area contributed by atoms with E-state index in [1.54, 1.807) is 16.7 Å². The highest BCUT2D eigenvalue weighted by Crippen LogP contribution is 2.43. The molecule has 5 heterocycles. The summed E-state index contributed by atoms with van der Waals surface area (Å²) in [6.45, 7) is 24.5. The van der Waals surface area contributed by atoms with Gasteiger partial charge in [0.25, 0.3) is 23.3 Å². The fraction of sp³-hybridized carbons (Fsp3) is 0.596. The van der Waals surface area contributed by atoms with Gasteiger partial charge in [0.1, 0.15) is 11.9 Å². The van der Waals surface area contributed by atoms with E-state index in [1.807, 2.05) is 71.9 Å². The van der Waals surface area contributed by atoms with E-state index >= 15 is 0 Å². The van der Waals surface area contributed by atoms with Crippen LogP contribution in [0, 0.1) is 5.41 Å². The Morgan fingerprint density at radius 3 is 2.18 bits per heavy atom. The summed E-state index contributed by atoms with van der Waals surface area (Å²) in [4.78, 5) is 84.6. The Morgan fingerprint density at radius 2 is 1.57 bits per heavy atom. The smallest absolute Gasteiger partial charge is 0.293 e. The number of hydrogen-bond donors (Lipinski definition) is 3. The summed E-state index contributed by atoms with van der Waals surface area (Å²) in [7, 11) is 1.53. The summed E-state index contributed by atoms with van der Waals surface area (Å²) in [6.07, 6.45) is 11.2. The summed E-state index contributed by atoms with van der Waals surface area (Å²) >= 11 is 0. The molecule has 7 rings (SSSR count). The molecule has 1 spiro atoms. The number of amides is 5. The van der Waals surface area contributed by atoms with Gasteiger partial charge in [-0.05, 0) is 120 Å². The number of aromatic nitrogens is 1. The molecule has 374 valence electrons. The van der Waals surface area contributed by atoms with Gasteiger partial charge in [-0.2, -0.15) is 0 Å². The normalized spacial score (nSPS) is 17.8. The first-order valence-electron chi connectivity index (χ1n) is 24.9. The number of anilines is 2. The number of likely N-dealkylation sites (N-methyl/N-ethyl adjacent to an activating group) is 1. The second kappa shape index (κ2) is 26.1. The molecule has 3 fully saturated rings. The van der Waals surface area contributed by atoms with Crippen LogP contribution in [0.3, 0.4) is 0 Å². The Balaban J connectivity index is 0.000000618. The predicted molar refractivity (Wildman–Crippen MR) is 276 cm³/mol. The van der Waals surface area contributed by atoms with Crippen molar-refractivity contribution in [2.75, 3.05) is 63.1 Å². The maximum Gasteiger partial charge on any atom is 0.293 e. The van der Waals surface area contributed by atoms with Crippen LogP contribution in [0.15, 0.2) is 52.3 Å². The van der Waals surface area contributed by atoms with Crippen molar-refractivity contribution in [1.29, 1.82) is 0 Å². The average molecular weight is 933 g/mol. The number of imide groups is 2. The summed E-state index contributed by atoms with van der Waals surface area (Å²) in [5.41, 5.74) is 3.46. The van der Waals surface area contributed by atoms with Gasteiger partial charge in [-0.15, -0.1) is 0 Å². The van der Waals surface area contributed by atoms with Crippen LogP contribution in [0.2, 0.25) is 0 Å². The molecule has 1 aromatic heterocycles. The zero-order valence-electron chi connectivity index (χ0n) is 42.0. The highest BCUT2D eigenvalue weighted by molar-refractivity contribution is 6.23. The van der Waals surface area contributed by atoms with Crippen molar-refractivity contribution in [2.45, 2.75) is 145 Å². The van der Waals surface area contributed by atoms with Gasteiger partial charge in [0.05, 0.1) is 16.6 Å². The maximum atomic E-state index is 13.2. The summed E-state index contributed by atoms with van der Waals surface area (Å²) in [5, 5.41) is 8.90. The van der Waals surface area contributed by atoms with Crippen molar-refractivity contribution in [3.8, 4) is 5.75 Å². The van der Waals surface area contributed by atoms with Crippen LogP contribution >= 0.6 is 0 Å². The van der Waals surface area contributed by atoms with Gasteiger partial charge in [0, 0.05) is 66.6 Å².